The highest BCUT2D eigenvalue weighted by molar-refractivity contribution is 6.32. The molecule has 0 aliphatic carbocycles. The fraction of sp³-hybridized carbons (Fsp3) is 0. The zero-order valence-corrected chi connectivity index (χ0v) is 13.2. The van der Waals surface area contributed by atoms with Gasteiger partial charge in [-0.15, -0.1) is 0 Å². The summed E-state index contributed by atoms with van der Waals surface area (Å²) in [6.07, 6.45) is 1.88. The first kappa shape index (κ1) is 15.8. The summed E-state index contributed by atoms with van der Waals surface area (Å²) >= 11 is 6.26. The molecule has 0 aliphatic rings. The molecule has 0 radical (unpaired) electrons. The maximum Gasteiger partial charge on any atom is 0.157 e. The molecule has 0 unspecified atom stereocenters. The fourth-order valence-corrected chi connectivity index (χ4v) is 2.26. The third-order valence-electron chi connectivity index (χ3n) is 3.20. The number of halogens is 1. The number of aldehydes is 1. The highest BCUT2D eigenvalue weighted by Crippen LogP contribution is 2.32. The van der Waals surface area contributed by atoms with E-state index in [2.05, 4.69) is 15.3 Å². The minimum atomic E-state index is 0.109. The Bertz CT molecular complexity index is 872. The quantitative estimate of drug-likeness (QED) is 0.681. The smallest absolute Gasteiger partial charge is 0.157 e. The van der Waals surface area contributed by atoms with Gasteiger partial charge in [0.15, 0.2) is 6.29 Å². The third kappa shape index (κ3) is 3.44. The predicted molar refractivity (Wildman–Crippen MR) is 93.1 cm³/mol. The molecule has 0 atom stereocenters. The number of nitrogens with two attached hydrogens (primary N) is 1. The van der Waals surface area contributed by atoms with E-state index in [4.69, 9.17) is 22.1 Å². The Kier molecular flexibility index (Phi) is 4.58. The van der Waals surface area contributed by atoms with Gasteiger partial charge in [-0.05, 0) is 30.3 Å². The SMILES string of the molecule is Nc1ncnc(Nc2ccc(Oc3ccccc3)c(Cl)c2)c1C=O. The summed E-state index contributed by atoms with van der Waals surface area (Å²) < 4.78 is 5.72. The van der Waals surface area contributed by atoms with Crippen LogP contribution in [0.2, 0.25) is 5.02 Å². The van der Waals surface area contributed by atoms with Gasteiger partial charge in [-0.25, -0.2) is 9.97 Å². The number of nitrogens with one attached hydrogen (secondary N) is 1. The van der Waals surface area contributed by atoms with Crippen LogP contribution in [0.4, 0.5) is 17.3 Å². The van der Waals surface area contributed by atoms with Gasteiger partial charge < -0.3 is 15.8 Å². The largest absolute Gasteiger partial charge is 0.456 e. The molecule has 0 aliphatic heterocycles. The number of ether oxygens (including phenoxy) is 1. The van der Waals surface area contributed by atoms with E-state index in [0.29, 0.717) is 34.3 Å². The minimum absolute atomic E-state index is 0.109. The number of rotatable bonds is 5. The van der Waals surface area contributed by atoms with Crippen LogP contribution < -0.4 is 15.8 Å². The van der Waals surface area contributed by atoms with Crippen molar-refractivity contribution in [3.05, 3.63) is 65.4 Å². The lowest BCUT2D eigenvalue weighted by atomic mass is 10.2. The Morgan fingerprint density at radius 3 is 2.62 bits per heavy atom. The van der Waals surface area contributed by atoms with Gasteiger partial charge in [0, 0.05) is 5.69 Å². The molecular weight excluding hydrogens is 328 g/mol. The van der Waals surface area contributed by atoms with Crippen LogP contribution in [0.15, 0.2) is 54.9 Å². The highest BCUT2D eigenvalue weighted by Gasteiger charge is 2.10. The Morgan fingerprint density at radius 1 is 1.12 bits per heavy atom. The first-order valence-corrected chi connectivity index (χ1v) is 7.40. The molecule has 0 amide bonds. The van der Waals surface area contributed by atoms with Crippen LogP contribution in [0.1, 0.15) is 10.4 Å². The number of nitrogens with zero attached hydrogens (tertiary/aromatic N) is 2. The van der Waals surface area contributed by atoms with Gasteiger partial charge in [-0.1, -0.05) is 29.8 Å². The standard InChI is InChI=1S/C17H13ClN4O2/c18-14-8-11(22-17-13(9-23)16(19)20-10-21-17)6-7-15(14)24-12-4-2-1-3-5-12/h1-10H,(H3,19,20,21,22). The Hall–Kier alpha value is -3.12. The molecule has 3 N–H and O–H groups in total. The number of aromatic nitrogens is 2. The second-order valence-corrected chi connectivity index (χ2v) is 5.23. The molecule has 1 heterocycles. The second-order valence-electron chi connectivity index (χ2n) is 4.82. The average molecular weight is 341 g/mol. The number of carbonyl (C=O) groups is 1. The summed E-state index contributed by atoms with van der Waals surface area (Å²) in [7, 11) is 0. The Morgan fingerprint density at radius 2 is 1.92 bits per heavy atom. The van der Waals surface area contributed by atoms with Crippen molar-refractivity contribution in [3.8, 4) is 11.5 Å². The number of hydrogen-bond donors (Lipinski definition) is 2. The first-order valence-electron chi connectivity index (χ1n) is 7.02. The van der Waals surface area contributed by atoms with Crippen molar-refractivity contribution in [1.82, 2.24) is 9.97 Å². The van der Waals surface area contributed by atoms with Gasteiger partial charge in [-0.2, -0.15) is 0 Å². The molecule has 3 rings (SSSR count). The lowest BCUT2D eigenvalue weighted by Gasteiger charge is -2.11. The van der Waals surface area contributed by atoms with Crippen molar-refractivity contribution in [3.63, 3.8) is 0 Å². The van der Waals surface area contributed by atoms with Gasteiger partial charge in [0.1, 0.15) is 29.5 Å². The van der Waals surface area contributed by atoms with Gasteiger partial charge in [0.25, 0.3) is 0 Å². The third-order valence-corrected chi connectivity index (χ3v) is 3.49. The normalized spacial score (nSPS) is 10.2. The summed E-state index contributed by atoms with van der Waals surface area (Å²) in [5, 5.41) is 3.41. The summed E-state index contributed by atoms with van der Waals surface area (Å²) in [5.41, 5.74) is 6.49. The van der Waals surface area contributed by atoms with Crippen molar-refractivity contribution in [2.24, 2.45) is 0 Å². The van der Waals surface area contributed by atoms with E-state index in [1.165, 1.54) is 6.33 Å². The van der Waals surface area contributed by atoms with Crippen LogP contribution in [0.3, 0.4) is 0 Å². The van der Waals surface area contributed by atoms with E-state index in [1.54, 1.807) is 18.2 Å². The van der Waals surface area contributed by atoms with Crippen LogP contribution in [0.5, 0.6) is 11.5 Å². The fourth-order valence-electron chi connectivity index (χ4n) is 2.04. The summed E-state index contributed by atoms with van der Waals surface area (Å²) in [4.78, 5) is 18.9. The summed E-state index contributed by atoms with van der Waals surface area (Å²) in [6, 6.07) is 14.5. The van der Waals surface area contributed by atoms with Crippen LogP contribution in [0, 0.1) is 0 Å². The lowest BCUT2D eigenvalue weighted by molar-refractivity contribution is 0.112. The zero-order chi connectivity index (χ0) is 16.9. The molecule has 0 bridgehead atoms. The van der Waals surface area contributed by atoms with Crippen molar-refractivity contribution < 1.29 is 9.53 Å². The number of hydrogen-bond acceptors (Lipinski definition) is 6. The van der Waals surface area contributed by atoms with Gasteiger partial charge in [0.2, 0.25) is 0 Å². The number of anilines is 3. The predicted octanol–water partition coefficient (Wildman–Crippen LogP) is 4.06. The molecule has 1 aromatic heterocycles. The molecule has 2 aromatic carbocycles. The lowest BCUT2D eigenvalue weighted by Crippen LogP contribution is -2.04. The molecule has 0 saturated heterocycles. The minimum Gasteiger partial charge on any atom is -0.456 e. The molecule has 24 heavy (non-hydrogen) atoms. The summed E-state index contributed by atoms with van der Waals surface area (Å²) in [6.45, 7) is 0. The van der Waals surface area contributed by atoms with Crippen LogP contribution >= 0.6 is 11.6 Å². The van der Waals surface area contributed by atoms with Crippen molar-refractivity contribution in [2.45, 2.75) is 0 Å². The molecule has 0 fully saturated rings. The number of nitrogen functional groups attached to an aromatic ring is 1. The molecular formula is C17H13ClN4O2. The average Bonchev–Trinajstić information content (AvgIpc) is 2.58. The van der Waals surface area contributed by atoms with E-state index in [-0.39, 0.29) is 11.4 Å². The first-order chi connectivity index (χ1) is 11.7. The van der Waals surface area contributed by atoms with E-state index in [0.717, 1.165) is 0 Å². The molecule has 0 spiro atoms. The molecule has 6 nitrogen and oxygen atoms in total. The maximum absolute atomic E-state index is 11.1. The Balaban J connectivity index is 1.83. The summed E-state index contributed by atoms with van der Waals surface area (Å²) in [5.74, 6) is 1.63. The van der Waals surface area contributed by atoms with E-state index in [1.807, 2.05) is 30.3 Å². The zero-order valence-electron chi connectivity index (χ0n) is 12.4. The molecule has 0 saturated carbocycles. The van der Waals surface area contributed by atoms with Crippen molar-refractivity contribution in [2.75, 3.05) is 11.1 Å². The number of benzene rings is 2. The highest BCUT2D eigenvalue weighted by atomic mass is 35.5. The van der Waals surface area contributed by atoms with Gasteiger partial charge in [0.05, 0.1) is 10.6 Å². The Labute approximate surface area is 143 Å². The number of carbonyl (C=O) groups excluding carboxylic acids is 1. The molecule has 7 heteroatoms. The van der Waals surface area contributed by atoms with Crippen LogP contribution in [0.25, 0.3) is 0 Å². The van der Waals surface area contributed by atoms with Crippen LogP contribution in [-0.2, 0) is 0 Å². The maximum atomic E-state index is 11.1. The van der Waals surface area contributed by atoms with E-state index >= 15 is 0 Å². The number of para-hydroxylation sites is 1. The van der Waals surface area contributed by atoms with Gasteiger partial charge >= 0.3 is 0 Å². The van der Waals surface area contributed by atoms with E-state index < -0.39 is 0 Å². The van der Waals surface area contributed by atoms with E-state index in [9.17, 15) is 4.79 Å². The monoisotopic (exact) mass is 340 g/mol. The van der Waals surface area contributed by atoms with Crippen molar-refractivity contribution >= 4 is 35.2 Å². The molecule has 120 valence electrons. The topological polar surface area (TPSA) is 90.1 Å². The van der Waals surface area contributed by atoms with Gasteiger partial charge in [-0.3, -0.25) is 4.79 Å². The van der Waals surface area contributed by atoms with Crippen molar-refractivity contribution in [1.29, 1.82) is 0 Å². The van der Waals surface area contributed by atoms with Crippen LogP contribution in [-0.4, -0.2) is 16.3 Å². The molecule has 3 aromatic rings. The second kappa shape index (κ2) is 6.97.